The van der Waals surface area contributed by atoms with Crippen LogP contribution in [0.4, 0.5) is 10.5 Å². The fourth-order valence-electron chi connectivity index (χ4n) is 2.39. The summed E-state index contributed by atoms with van der Waals surface area (Å²) in [4.78, 5) is 32.9. The Bertz CT molecular complexity index is 878. The Morgan fingerprint density at radius 2 is 1.59 bits per heavy atom. The van der Waals surface area contributed by atoms with Crippen LogP contribution < -0.4 is 4.74 Å². The number of carbonyl (C=O) groups excluding carboxylic acids is 1. The van der Waals surface area contributed by atoms with Crippen molar-refractivity contribution in [2.24, 2.45) is 0 Å². The zero-order valence-corrected chi connectivity index (χ0v) is 14.3. The Kier molecular flexibility index (Phi) is 5.68. The van der Waals surface area contributed by atoms with Crippen molar-refractivity contribution in [2.45, 2.75) is 13.1 Å². The van der Waals surface area contributed by atoms with Crippen molar-refractivity contribution in [2.75, 3.05) is 0 Å². The molecule has 0 radical (unpaired) electrons. The Labute approximate surface area is 155 Å². The second-order valence-electron chi connectivity index (χ2n) is 5.62. The maximum absolute atomic E-state index is 12.7. The van der Waals surface area contributed by atoms with E-state index in [0.29, 0.717) is 11.4 Å². The Morgan fingerprint density at radius 3 is 2.11 bits per heavy atom. The number of carbonyl (C=O) groups is 1. The van der Waals surface area contributed by atoms with Gasteiger partial charge in [-0.05, 0) is 30.3 Å². The number of hydrogen-bond acceptors (Lipinski definition) is 6. The summed E-state index contributed by atoms with van der Waals surface area (Å²) >= 11 is 0. The molecule has 0 saturated carbocycles. The molecule has 0 atom stereocenters. The molecular weight excluding hydrogens is 348 g/mol. The molecule has 27 heavy (non-hydrogen) atoms. The van der Waals surface area contributed by atoms with E-state index in [2.05, 4.69) is 9.97 Å². The predicted octanol–water partition coefficient (Wildman–Crippen LogP) is 3.59. The van der Waals surface area contributed by atoms with Gasteiger partial charge in [0.1, 0.15) is 5.75 Å². The van der Waals surface area contributed by atoms with Crippen molar-refractivity contribution in [1.29, 1.82) is 0 Å². The first kappa shape index (κ1) is 18.0. The van der Waals surface area contributed by atoms with Crippen LogP contribution in [0.25, 0.3) is 0 Å². The van der Waals surface area contributed by atoms with Crippen LogP contribution >= 0.6 is 0 Å². The van der Waals surface area contributed by atoms with Gasteiger partial charge in [-0.1, -0.05) is 18.2 Å². The van der Waals surface area contributed by atoms with E-state index in [1.54, 1.807) is 36.7 Å². The number of nitro groups is 1. The molecule has 136 valence electrons. The van der Waals surface area contributed by atoms with Gasteiger partial charge in [0.25, 0.3) is 5.69 Å². The van der Waals surface area contributed by atoms with E-state index in [4.69, 9.17) is 4.74 Å². The molecule has 0 aliphatic rings. The topological polar surface area (TPSA) is 98.5 Å². The SMILES string of the molecule is O=C(Oc1cccc([N+](=O)[O-])c1)N(Cc1ccccn1)Cc1ccccn1. The quantitative estimate of drug-likeness (QED) is 0.490. The number of non-ortho nitro benzene ring substituents is 1. The number of amides is 1. The molecule has 0 aliphatic carbocycles. The van der Waals surface area contributed by atoms with Crippen molar-refractivity contribution in [3.63, 3.8) is 0 Å². The van der Waals surface area contributed by atoms with Crippen LogP contribution in [0.15, 0.2) is 73.1 Å². The molecule has 0 saturated heterocycles. The fourth-order valence-corrected chi connectivity index (χ4v) is 2.39. The predicted molar refractivity (Wildman–Crippen MR) is 96.8 cm³/mol. The number of pyridine rings is 2. The van der Waals surface area contributed by atoms with Gasteiger partial charge < -0.3 is 4.74 Å². The molecule has 8 heteroatoms. The van der Waals surface area contributed by atoms with Crippen LogP contribution in [0.5, 0.6) is 5.75 Å². The Balaban J connectivity index is 1.79. The molecule has 0 bridgehead atoms. The lowest BCUT2D eigenvalue weighted by Gasteiger charge is -2.21. The molecule has 0 N–H and O–H groups in total. The number of nitro benzene ring substituents is 1. The summed E-state index contributed by atoms with van der Waals surface area (Å²) in [6.07, 6.45) is 2.63. The zero-order valence-electron chi connectivity index (χ0n) is 14.3. The summed E-state index contributed by atoms with van der Waals surface area (Å²) in [5.41, 5.74) is 1.22. The summed E-state index contributed by atoms with van der Waals surface area (Å²) < 4.78 is 5.34. The highest BCUT2D eigenvalue weighted by Crippen LogP contribution is 2.20. The summed E-state index contributed by atoms with van der Waals surface area (Å²) in [5.74, 6) is 0.0984. The summed E-state index contributed by atoms with van der Waals surface area (Å²) in [5, 5.41) is 10.9. The Morgan fingerprint density at radius 1 is 0.963 bits per heavy atom. The average Bonchev–Trinajstić information content (AvgIpc) is 2.69. The molecule has 0 fully saturated rings. The van der Waals surface area contributed by atoms with Gasteiger partial charge >= 0.3 is 6.09 Å². The first-order valence-electron chi connectivity index (χ1n) is 8.13. The lowest BCUT2D eigenvalue weighted by molar-refractivity contribution is -0.384. The minimum Gasteiger partial charge on any atom is -0.410 e. The third-order valence-electron chi connectivity index (χ3n) is 3.65. The number of benzene rings is 1. The van der Waals surface area contributed by atoms with E-state index >= 15 is 0 Å². The van der Waals surface area contributed by atoms with E-state index in [1.807, 2.05) is 12.1 Å². The molecule has 1 amide bonds. The summed E-state index contributed by atoms with van der Waals surface area (Å²) in [6, 6.07) is 16.3. The highest BCUT2D eigenvalue weighted by Gasteiger charge is 2.19. The van der Waals surface area contributed by atoms with Crippen molar-refractivity contribution < 1.29 is 14.5 Å². The first-order valence-corrected chi connectivity index (χ1v) is 8.13. The van der Waals surface area contributed by atoms with Crippen LogP contribution in [0.1, 0.15) is 11.4 Å². The monoisotopic (exact) mass is 364 g/mol. The van der Waals surface area contributed by atoms with Gasteiger partial charge in [-0.25, -0.2) is 4.79 Å². The molecule has 2 aromatic heterocycles. The lowest BCUT2D eigenvalue weighted by Crippen LogP contribution is -2.33. The van der Waals surface area contributed by atoms with Crippen LogP contribution in [0, 0.1) is 10.1 Å². The third-order valence-corrected chi connectivity index (χ3v) is 3.65. The highest BCUT2D eigenvalue weighted by atomic mass is 16.6. The number of aromatic nitrogens is 2. The zero-order chi connectivity index (χ0) is 19.1. The molecule has 3 rings (SSSR count). The fraction of sp³-hybridized carbons (Fsp3) is 0.105. The largest absolute Gasteiger partial charge is 0.415 e. The average molecular weight is 364 g/mol. The van der Waals surface area contributed by atoms with Crippen molar-refractivity contribution >= 4 is 11.8 Å². The van der Waals surface area contributed by atoms with E-state index in [0.717, 1.165) is 0 Å². The molecule has 0 spiro atoms. The normalized spacial score (nSPS) is 10.2. The molecule has 2 heterocycles. The van der Waals surface area contributed by atoms with Crippen LogP contribution in [-0.4, -0.2) is 25.9 Å². The van der Waals surface area contributed by atoms with E-state index in [-0.39, 0.29) is 24.5 Å². The second-order valence-corrected chi connectivity index (χ2v) is 5.62. The van der Waals surface area contributed by atoms with Gasteiger partial charge in [0.15, 0.2) is 0 Å². The van der Waals surface area contributed by atoms with Gasteiger partial charge in [-0.15, -0.1) is 0 Å². The van der Waals surface area contributed by atoms with E-state index in [9.17, 15) is 14.9 Å². The highest BCUT2D eigenvalue weighted by molar-refractivity contribution is 5.71. The molecule has 1 aromatic carbocycles. The van der Waals surface area contributed by atoms with Gasteiger partial charge in [-0.3, -0.25) is 25.0 Å². The Hall–Kier alpha value is -3.81. The van der Waals surface area contributed by atoms with Crippen LogP contribution in [-0.2, 0) is 13.1 Å². The number of hydrogen-bond donors (Lipinski definition) is 0. The van der Waals surface area contributed by atoms with Crippen molar-refractivity contribution in [1.82, 2.24) is 14.9 Å². The van der Waals surface area contributed by atoms with Crippen molar-refractivity contribution in [3.05, 3.63) is 94.6 Å². The van der Waals surface area contributed by atoms with Crippen LogP contribution in [0.3, 0.4) is 0 Å². The minimum atomic E-state index is -0.646. The third kappa shape index (κ3) is 5.08. The standard InChI is InChI=1S/C19H16N4O4/c24-19(27-18-9-5-8-17(12-18)23(25)26)22(13-15-6-1-3-10-20-15)14-16-7-2-4-11-21-16/h1-12H,13-14H2. The summed E-state index contributed by atoms with van der Waals surface area (Å²) in [6.45, 7) is 0.427. The molecule has 8 nitrogen and oxygen atoms in total. The maximum atomic E-state index is 12.7. The smallest absolute Gasteiger partial charge is 0.410 e. The number of nitrogens with zero attached hydrogens (tertiary/aromatic N) is 4. The molecule has 0 unspecified atom stereocenters. The van der Waals surface area contributed by atoms with E-state index < -0.39 is 11.0 Å². The van der Waals surface area contributed by atoms with Crippen LogP contribution in [0.2, 0.25) is 0 Å². The van der Waals surface area contributed by atoms with Gasteiger partial charge in [-0.2, -0.15) is 0 Å². The van der Waals surface area contributed by atoms with Gasteiger partial charge in [0.05, 0.1) is 35.5 Å². The van der Waals surface area contributed by atoms with Gasteiger partial charge in [0.2, 0.25) is 0 Å². The van der Waals surface area contributed by atoms with Gasteiger partial charge in [0, 0.05) is 18.5 Å². The molecule has 0 aliphatic heterocycles. The first-order chi connectivity index (χ1) is 13.1. The number of ether oxygens (including phenoxy) is 1. The number of rotatable bonds is 6. The summed E-state index contributed by atoms with van der Waals surface area (Å²) in [7, 11) is 0. The van der Waals surface area contributed by atoms with E-state index in [1.165, 1.54) is 29.2 Å². The molecule has 3 aromatic rings. The lowest BCUT2D eigenvalue weighted by atomic mass is 10.3. The van der Waals surface area contributed by atoms with Crippen molar-refractivity contribution in [3.8, 4) is 5.75 Å². The minimum absolute atomic E-state index is 0.0984. The molecular formula is C19H16N4O4. The maximum Gasteiger partial charge on any atom is 0.415 e. The second kappa shape index (κ2) is 8.52.